The summed E-state index contributed by atoms with van der Waals surface area (Å²) in [6, 6.07) is 1.56. The van der Waals surface area contributed by atoms with Gasteiger partial charge in [-0.15, -0.1) is 0 Å². The van der Waals surface area contributed by atoms with Crippen LogP contribution < -0.4 is 9.16 Å². The number of hydrogen-bond donors (Lipinski definition) is 0. The molecule has 5 nitrogen and oxygen atoms in total. The zero-order valence-corrected chi connectivity index (χ0v) is 18.9. The number of ether oxygens (including phenoxy) is 2. The van der Waals surface area contributed by atoms with Gasteiger partial charge in [-0.1, -0.05) is 52.0 Å². The first-order chi connectivity index (χ1) is 12.4. The smallest absolute Gasteiger partial charge is 0.340 e. The highest BCUT2D eigenvalue weighted by molar-refractivity contribution is 6.75. The van der Waals surface area contributed by atoms with Crippen molar-refractivity contribution in [1.29, 1.82) is 0 Å². The molecule has 0 atom stereocenters. The van der Waals surface area contributed by atoms with Crippen LogP contribution in [-0.4, -0.2) is 34.3 Å². The summed E-state index contributed by atoms with van der Waals surface area (Å²) in [7, 11) is -0.909. The molecule has 0 aliphatic carbocycles. The third kappa shape index (κ3) is 4.74. The van der Waals surface area contributed by atoms with Crippen molar-refractivity contribution < 1.29 is 23.5 Å². The lowest BCUT2D eigenvalue weighted by Gasteiger charge is -2.42. The summed E-state index contributed by atoms with van der Waals surface area (Å²) in [6.07, 6.45) is 2.00. The van der Waals surface area contributed by atoms with Crippen molar-refractivity contribution >= 4 is 32.2 Å². The zero-order chi connectivity index (χ0) is 21.0. The van der Waals surface area contributed by atoms with E-state index in [1.807, 2.05) is 0 Å². The maximum Gasteiger partial charge on any atom is 0.340 e. The Bertz CT molecular complexity index is 726. The summed E-state index contributed by atoms with van der Waals surface area (Å²) in [5.74, 6) is 0.163. The average Bonchev–Trinajstić information content (AvgIpc) is 2.59. The molecule has 1 rings (SSSR count). The maximum atomic E-state index is 12.5. The van der Waals surface area contributed by atoms with Crippen molar-refractivity contribution in [2.75, 3.05) is 13.7 Å². The van der Waals surface area contributed by atoms with E-state index in [4.69, 9.17) is 25.5 Å². The number of halogens is 1. The molecule has 1 aromatic rings. The molecule has 0 bridgehead atoms. The highest BCUT2D eigenvalue weighted by Gasteiger charge is 2.45. The van der Waals surface area contributed by atoms with Crippen molar-refractivity contribution in [3.8, 4) is 11.5 Å². The number of rotatable bonds is 9. The number of aldehydes is 1. The van der Waals surface area contributed by atoms with Crippen LogP contribution in [0.15, 0.2) is 18.7 Å². The van der Waals surface area contributed by atoms with Gasteiger partial charge in [-0.05, 0) is 24.1 Å². The Morgan fingerprint density at radius 3 is 2.37 bits per heavy atom. The highest BCUT2D eigenvalue weighted by Crippen LogP contribution is 2.46. The van der Waals surface area contributed by atoms with E-state index in [0.717, 1.165) is 0 Å². The predicted octanol–water partition coefficient (Wildman–Crippen LogP) is 5.52. The lowest BCUT2D eigenvalue weighted by Crippen LogP contribution is -2.48. The van der Waals surface area contributed by atoms with Gasteiger partial charge >= 0.3 is 5.97 Å². The third-order valence-electron chi connectivity index (χ3n) is 5.47. The summed E-state index contributed by atoms with van der Waals surface area (Å²) in [5, 5.41) is -0.0765. The molecule has 0 aliphatic heterocycles. The van der Waals surface area contributed by atoms with Crippen molar-refractivity contribution in [2.45, 2.75) is 45.8 Å². The second-order valence-corrected chi connectivity index (χ2v) is 12.6. The van der Waals surface area contributed by atoms with Gasteiger partial charge in [0, 0.05) is 6.07 Å². The molecule has 27 heavy (non-hydrogen) atoms. The molecule has 0 saturated carbocycles. The topological polar surface area (TPSA) is 61.8 Å². The van der Waals surface area contributed by atoms with Gasteiger partial charge in [-0.3, -0.25) is 4.79 Å². The molecular weight excluding hydrogens is 384 g/mol. The van der Waals surface area contributed by atoms with Crippen LogP contribution in [-0.2, 0) is 4.74 Å². The van der Waals surface area contributed by atoms with E-state index in [0.29, 0.717) is 12.2 Å². The van der Waals surface area contributed by atoms with Crippen LogP contribution in [0, 0.1) is 5.92 Å². The second-order valence-electron chi connectivity index (χ2n) is 7.67. The number of esters is 1. The minimum Gasteiger partial charge on any atom is -0.543 e. The Morgan fingerprint density at radius 1 is 1.33 bits per heavy atom. The van der Waals surface area contributed by atoms with Crippen molar-refractivity contribution in [3.63, 3.8) is 0 Å². The molecule has 0 spiro atoms. The lowest BCUT2D eigenvalue weighted by atomic mass is 9.99. The monoisotopic (exact) mass is 412 g/mol. The molecule has 0 amide bonds. The average molecular weight is 413 g/mol. The molecule has 0 unspecified atom stereocenters. The van der Waals surface area contributed by atoms with E-state index < -0.39 is 14.3 Å². The fraction of sp³-hybridized carbons (Fsp3) is 0.500. The van der Waals surface area contributed by atoms with Gasteiger partial charge in [0.15, 0.2) is 6.29 Å². The summed E-state index contributed by atoms with van der Waals surface area (Å²) in [6.45, 7) is 16.3. The summed E-state index contributed by atoms with van der Waals surface area (Å²) in [4.78, 5) is 24.3. The molecule has 0 radical (unpaired) electrons. The van der Waals surface area contributed by atoms with Gasteiger partial charge < -0.3 is 13.9 Å². The van der Waals surface area contributed by atoms with Gasteiger partial charge in [0.05, 0.1) is 23.3 Å². The first-order valence-corrected chi connectivity index (χ1v) is 12.1. The molecule has 1 aromatic carbocycles. The lowest BCUT2D eigenvalue weighted by molar-refractivity contribution is 0.0547. The number of methoxy groups -OCH3 is 1. The van der Waals surface area contributed by atoms with Crippen LogP contribution in [0.2, 0.25) is 23.2 Å². The van der Waals surface area contributed by atoms with Crippen molar-refractivity contribution in [3.05, 3.63) is 34.9 Å². The van der Waals surface area contributed by atoms with Crippen LogP contribution in [0.4, 0.5) is 0 Å². The normalized spacial score (nSPS) is 11.9. The fourth-order valence-corrected chi connectivity index (χ4v) is 5.17. The first-order valence-electron chi connectivity index (χ1n) is 8.77. The standard InChI is InChI=1S/C20H29ClO5Si/c1-9-10-25-19(23)17-14(12-22)15(11-16(24-6)18(17)21)26-27(7,8)20(4,5)13(2)3/h9,11-13H,1,10H2,2-8H3. The van der Waals surface area contributed by atoms with E-state index in [-0.39, 0.29) is 39.3 Å². The molecule has 0 fully saturated rings. The molecular formula is C20H29ClO5Si. The zero-order valence-electron chi connectivity index (χ0n) is 17.1. The number of carbonyl (C=O) groups excluding carboxylic acids is 2. The molecule has 0 N–H and O–H groups in total. The number of carbonyl (C=O) groups is 2. The van der Waals surface area contributed by atoms with E-state index in [1.165, 1.54) is 13.2 Å². The van der Waals surface area contributed by atoms with E-state index in [2.05, 4.69) is 47.4 Å². The molecule has 150 valence electrons. The van der Waals surface area contributed by atoms with Gasteiger partial charge in [0.1, 0.15) is 18.1 Å². The molecule has 7 heteroatoms. The van der Waals surface area contributed by atoms with Gasteiger partial charge in [0.25, 0.3) is 8.32 Å². The van der Waals surface area contributed by atoms with Crippen LogP contribution in [0.5, 0.6) is 11.5 Å². The van der Waals surface area contributed by atoms with Crippen LogP contribution in [0.3, 0.4) is 0 Å². The fourth-order valence-electron chi connectivity index (χ4n) is 2.48. The van der Waals surface area contributed by atoms with Gasteiger partial charge in [-0.25, -0.2) is 4.79 Å². The third-order valence-corrected chi connectivity index (χ3v) is 10.3. The van der Waals surface area contributed by atoms with E-state index >= 15 is 0 Å². The largest absolute Gasteiger partial charge is 0.543 e. The van der Waals surface area contributed by atoms with Crippen LogP contribution in [0.1, 0.15) is 48.4 Å². The molecule has 0 saturated heterocycles. The summed E-state index contributed by atoms with van der Waals surface area (Å²) < 4.78 is 16.8. The number of hydrogen-bond acceptors (Lipinski definition) is 5. The van der Waals surface area contributed by atoms with Crippen molar-refractivity contribution in [2.24, 2.45) is 5.92 Å². The highest BCUT2D eigenvalue weighted by atomic mass is 35.5. The predicted molar refractivity (Wildman–Crippen MR) is 111 cm³/mol. The SMILES string of the molecule is C=CCOC(=O)c1c(Cl)c(OC)cc(O[Si](C)(C)C(C)(C)C(C)C)c1C=O. The van der Waals surface area contributed by atoms with E-state index in [9.17, 15) is 9.59 Å². The number of benzene rings is 1. The Kier molecular flexibility index (Phi) is 7.69. The Hall–Kier alpha value is -1.79. The Morgan fingerprint density at radius 2 is 1.93 bits per heavy atom. The molecule has 0 heterocycles. The van der Waals surface area contributed by atoms with E-state index in [1.54, 1.807) is 6.07 Å². The van der Waals surface area contributed by atoms with Crippen molar-refractivity contribution in [1.82, 2.24) is 0 Å². The summed E-state index contributed by atoms with van der Waals surface area (Å²) >= 11 is 6.30. The molecule has 0 aromatic heterocycles. The molecule has 0 aliphatic rings. The first kappa shape index (κ1) is 23.2. The minimum absolute atomic E-state index is 0.00147. The maximum absolute atomic E-state index is 12.5. The van der Waals surface area contributed by atoms with Gasteiger partial charge in [-0.2, -0.15) is 0 Å². The summed E-state index contributed by atoms with van der Waals surface area (Å²) in [5.41, 5.74) is 0.00464. The quantitative estimate of drug-likeness (QED) is 0.231. The second kappa shape index (κ2) is 8.93. The van der Waals surface area contributed by atoms with Gasteiger partial charge in [0.2, 0.25) is 0 Å². The minimum atomic E-state index is -2.34. The Balaban J connectivity index is 3.58. The van der Waals surface area contributed by atoms with Crippen LogP contribution in [0.25, 0.3) is 0 Å². The Labute approximate surface area is 167 Å². The van der Waals surface area contributed by atoms with Crippen LogP contribution >= 0.6 is 11.6 Å².